The van der Waals surface area contributed by atoms with Crippen LogP contribution < -0.4 is 5.32 Å². The second-order valence-electron chi connectivity index (χ2n) is 5.25. The Morgan fingerprint density at radius 2 is 2.07 bits per heavy atom. The van der Waals surface area contributed by atoms with Crippen LogP contribution >= 0.6 is 35.1 Å². The molecule has 0 saturated heterocycles. The van der Waals surface area contributed by atoms with E-state index in [1.165, 1.54) is 41.4 Å². The SMILES string of the molecule is CCOC(=O)c1ncn(-c2ccccc2)c1NC(=O)CSc1nc(SC)ns1. The lowest BCUT2D eigenvalue weighted by atomic mass is 10.3. The maximum atomic E-state index is 12.5. The molecule has 0 spiro atoms. The highest BCUT2D eigenvalue weighted by atomic mass is 32.2. The van der Waals surface area contributed by atoms with E-state index < -0.39 is 5.97 Å². The van der Waals surface area contributed by atoms with Crippen LogP contribution in [0.2, 0.25) is 0 Å². The van der Waals surface area contributed by atoms with Crippen molar-refractivity contribution in [2.75, 3.05) is 23.9 Å². The third-order valence-corrected chi connectivity index (χ3v) is 5.92. The molecule has 3 aromatic rings. The third-order valence-electron chi connectivity index (χ3n) is 3.43. The van der Waals surface area contributed by atoms with Gasteiger partial charge < -0.3 is 10.1 Å². The lowest BCUT2D eigenvalue weighted by Crippen LogP contribution is -2.19. The van der Waals surface area contributed by atoms with Crippen molar-refractivity contribution in [2.45, 2.75) is 16.4 Å². The quantitative estimate of drug-likeness (QED) is 0.425. The Labute approximate surface area is 174 Å². The second kappa shape index (κ2) is 9.71. The van der Waals surface area contributed by atoms with Crippen molar-refractivity contribution in [3.05, 3.63) is 42.4 Å². The van der Waals surface area contributed by atoms with E-state index in [1.807, 2.05) is 36.6 Å². The first-order chi connectivity index (χ1) is 13.6. The molecule has 3 rings (SSSR count). The maximum Gasteiger partial charge on any atom is 0.360 e. The zero-order chi connectivity index (χ0) is 19.9. The minimum atomic E-state index is -0.589. The van der Waals surface area contributed by atoms with Gasteiger partial charge in [0.15, 0.2) is 15.9 Å². The zero-order valence-corrected chi connectivity index (χ0v) is 17.6. The van der Waals surface area contributed by atoms with Crippen LogP contribution in [-0.4, -0.2) is 49.4 Å². The number of thioether (sulfide) groups is 2. The van der Waals surface area contributed by atoms with Crippen molar-refractivity contribution in [3.8, 4) is 5.69 Å². The van der Waals surface area contributed by atoms with Gasteiger partial charge in [-0.1, -0.05) is 41.7 Å². The lowest BCUT2D eigenvalue weighted by Gasteiger charge is -2.11. The fourth-order valence-electron chi connectivity index (χ4n) is 2.24. The van der Waals surface area contributed by atoms with Crippen LogP contribution in [0.4, 0.5) is 5.82 Å². The largest absolute Gasteiger partial charge is 0.461 e. The Kier molecular flexibility index (Phi) is 7.06. The van der Waals surface area contributed by atoms with E-state index in [1.54, 1.807) is 11.5 Å². The molecule has 11 heteroatoms. The van der Waals surface area contributed by atoms with Gasteiger partial charge in [-0.2, -0.15) is 4.37 Å². The summed E-state index contributed by atoms with van der Waals surface area (Å²) in [5.74, 6) is -0.467. The average molecular weight is 436 g/mol. The number of ether oxygens (including phenoxy) is 1. The van der Waals surface area contributed by atoms with Gasteiger partial charge in [-0.05, 0) is 36.8 Å². The van der Waals surface area contributed by atoms with Crippen molar-refractivity contribution < 1.29 is 14.3 Å². The second-order valence-corrected chi connectivity index (χ2v) is 8.00. The summed E-state index contributed by atoms with van der Waals surface area (Å²) >= 11 is 3.98. The van der Waals surface area contributed by atoms with Gasteiger partial charge in [0.25, 0.3) is 0 Å². The van der Waals surface area contributed by atoms with Gasteiger partial charge in [-0.3, -0.25) is 9.36 Å². The monoisotopic (exact) mass is 435 g/mol. The molecule has 0 atom stereocenters. The Bertz CT molecular complexity index is 958. The Balaban J connectivity index is 1.79. The summed E-state index contributed by atoms with van der Waals surface area (Å²) in [5.41, 5.74) is 0.826. The molecule has 1 N–H and O–H groups in total. The summed E-state index contributed by atoms with van der Waals surface area (Å²) in [7, 11) is 0. The number of nitrogens with one attached hydrogen (secondary N) is 1. The van der Waals surface area contributed by atoms with Gasteiger partial charge in [0.05, 0.1) is 12.4 Å². The minimum Gasteiger partial charge on any atom is -0.461 e. The first-order valence-electron chi connectivity index (χ1n) is 8.22. The molecule has 0 aliphatic carbocycles. The molecule has 28 heavy (non-hydrogen) atoms. The Morgan fingerprint density at radius 3 is 2.75 bits per heavy atom. The molecular weight excluding hydrogens is 418 g/mol. The molecule has 0 fully saturated rings. The van der Waals surface area contributed by atoms with Gasteiger partial charge in [-0.15, -0.1) is 0 Å². The standard InChI is InChI=1S/C17H17N5O3S3/c1-3-25-15(24)13-14(22(10-18-13)11-7-5-4-6-8-11)19-12(23)9-27-17-20-16(26-2)21-28-17/h4-8,10H,3,9H2,1-2H3,(H,19,23). The fourth-order valence-corrected chi connectivity index (χ4v) is 4.24. The normalized spacial score (nSPS) is 10.6. The number of esters is 1. The van der Waals surface area contributed by atoms with Crippen LogP contribution in [0.15, 0.2) is 46.2 Å². The number of imidazole rings is 1. The number of para-hydroxylation sites is 1. The van der Waals surface area contributed by atoms with Crippen LogP contribution in [0, 0.1) is 0 Å². The van der Waals surface area contributed by atoms with E-state index in [0.29, 0.717) is 9.50 Å². The van der Waals surface area contributed by atoms with Crippen LogP contribution in [0.3, 0.4) is 0 Å². The van der Waals surface area contributed by atoms with Crippen LogP contribution in [0.1, 0.15) is 17.4 Å². The summed E-state index contributed by atoms with van der Waals surface area (Å²) in [5, 5.41) is 3.46. The molecule has 0 bridgehead atoms. The van der Waals surface area contributed by atoms with E-state index in [9.17, 15) is 9.59 Å². The summed E-state index contributed by atoms with van der Waals surface area (Å²) in [6, 6.07) is 9.31. The summed E-state index contributed by atoms with van der Waals surface area (Å²) in [6.07, 6.45) is 3.38. The van der Waals surface area contributed by atoms with E-state index in [4.69, 9.17) is 4.74 Å². The predicted octanol–water partition coefficient (Wildman–Crippen LogP) is 3.35. The number of hydrogen-bond donors (Lipinski definition) is 1. The summed E-state index contributed by atoms with van der Waals surface area (Å²) < 4.78 is 11.6. The number of hydrogen-bond acceptors (Lipinski definition) is 9. The molecule has 1 amide bonds. The van der Waals surface area contributed by atoms with Gasteiger partial charge in [0.2, 0.25) is 11.1 Å². The third kappa shape index (κ3) is 4.91. The highest BCUT2D eigenvalue weighted by Crippen LogP contribution is 2.25. The average Bonchev–Trinajstić information content (AvgIpc) is 3.34. The lowest BCUT2D eigenvalue weighted by molar-refractivity contribution is -0.113. The molecule has 8 nitrogen and oxygen atoms in total. The van der Waals surface area contributed by atoms with Crippen molar-refractivity contribution >= 4 is 52.8 Å². The maximum absolute atomic E-state index is 12.5. The molecule has 1 aromatic carbocycles. The van der Waals surface area contributed by atoms with E-state index in [2.05, 4.69) is 19.7 Å². The van der Waals surface area contributed by atoms with Crippen molar-refractivity contribution in [2.24, 2.45) is 0 Å². The van der Waals surface area contributed by atoms with Crippen molar-refractivity contribution in [1.29, 1.82) is 0 Å². The number of aromatic nitrogens is 4. The molecule has 0 radical (unpaired) electrons. The van der Waals surface area contributed by atoms with Crippen molar-refractivity contribution in [1.82, 2.24) is 18.9 Å². The van der Waals surface area contributed by atoms with Crippen molar-refractivity contribution in [3.63, 3.8) is 0 Å². The van der Waals surface area contributed by atoms with Crippen LogP contribution in [-0.2, 0) is 9.53 Å². The van der Waals surface area contributed by atoms with Crippen LogP contribution in [0.25, 0.3) is 5.69 Å². The topological polar surface area (TPSA) is 99.0 Å². The highest BCUT2D eigenvalue weighted by molar-refractivity contribution is 8.01. The number of anilines is 1. The number of rotatable bonds is 8. The molecule has 146 valence electrons. The number of benzene rings is 1. The first-order valence-corrected chi connectivity index (χ1v) is 11.2. The number of carbonyl (C=O) groups is 2. The highest BCUT2D eigenvalue weighted by Gasteiger charge is 2.22. The summed E-state index contributed by atoms with van der Waals surface area (Å²) in [6.45, 7) is 1.93. The number of carbonyl (C=O) groups excluding carboxylic acids is 2. The van der Waals surface area contributed by atoms with Gasteiger partial charge in [0, 0.05) is 5.69 Å². The fraction of sp³-hybridized carbons (Fsp3) is 0.235. The summed E-state index contributed by atoms with van der Waals surface area (Å²) in [4.78, 5) is 33.2. The molecular formula is C17H17N5O3S3. The van der Waals surface area contributed by atoms with Gasteiger partial charge >= 0.3 is 5.97 Å². The molecule has 0 aliphatic rings. The molecule has 0 aliphatic heterocycles. The smallest absolute Gasteiger partial charge is 0.360 e. The van der Waals surface area contributed by atoms with E-state index in [-0.39, 0.29) is 29.8 Å². The van der Waals surface area contributed by atoms with Crippen LogP contribution in [0.5, 0.6) is 0 Å². The molecule has 2 heterocycles. The van der Waals surface area contributed by atoms with E-state index in [0.717, 1.165) is 5.69 Å². The van der Waals surface area contributed by atoms with E-state index >= 15 is 0 Å². The number of amides is 1. The predicted molar refractivity (Wildman–Crippen MR) is 111 cm³/mol. The van der Waals surface area contributed by atoms with Gasteiger partial charge in [-0.25, -0.2) is 14.8 Å². The molecule has 0 unspecified atom stereocenters. The number of nitrogens with zero attached hydrogens (tertiary/aromatic N) is 4. The first kappa shape index (κ1) is 20.4. The molecule has 0 saturated carbocycles. The zero-order valence-electron chi connectivity index (χ0n) is 15.1. The Morgan fingerprint density at radius 1 is 1.29 bits per heavy atom. The van der Waals surface area contributed by atoms with Gasteiger partial charge in [0.1, 0.15) is 6.33 Å². The Hall–Kier alpha value is -2.37. The molecule has 2 aromatic heterocycles. The minimum absolute atomic E-state index is 0.0598.